The number of aromatic nitrogens is 1. The summed E-state index contributed by atoms with van der Waals surface area (Å²) >= 11 is 6.49. The molecule has 0 bridgehead atoms. The van der Waals surface area contributed by atoms with Crippen LogP contribution < -0.4 is 4.74 Å². The third-order valence-corrected chi connectivity index (χ3v) is 7.58. The second kappa shape index (κ2) is 9.74. The van der Waals surface area contributed by atoms with Gasteiger partial charge in [0.15, 0.2) is 5.78 Å². The lowest BCUT2D eigenvalue weighted by Crippen LogP contribution is -2.37. The van der Waals surface area contributed by atoms with Crippen LogP contribution in [-0.2, 0) is 7.05 Å². The number of likely N-dealkylation sites (tertiary alicyclic amines) is 1. The van der Waals surface area contributed by atoms with Crippen LogP contribution in [0.2, 0.25) is 5.02 Å². The van der Waals surface area contributed by atoms with Gasteiger partial charge in [-0.1, -0.05) is 30.9 Å². The Morgan fingerprint density at radius 3 is 2.57 bits per heavy atom. The van der Waals surface area contributed by atoms with Crippen LogP contribution in [-0.4, -0.2) is 42.0 Å². The van der Waals surface area contributed by atoms with Crippen molar-refractivity contribution in [2.24, 2.45) is 18.9 Å². The summed E-state index contributed by atoms with van der Waals surface area (Å²) in [6.45, 7) is 3.68. The van der Waals surface area contributed by atoms with E-state index in [-0.39, 0.29) is 5.78 Å². The molecule has 2 aliphatic rings. The van der Waals surface area contributed by atoms with Gasteiger partial charge < -0.3 is 14.2 Å². The van der Waals surface area contributed by atoms with Crippen LogP contribution in [0.3, 0.4) is 0 Å². The Morgan fingerprint density at radius 2 is 1.87 bits per heavy atom. The average molecular weight is 431 g/mol. The minimum atomic E-state index is 0.143. The molecule has 30 heavy (non-hydrogen) atoms. The van der Waals surface area contributed by atoms with Crippen LogP contribution in [0.15, 0.2) is 18.3 Å². The summed E-state index contributed by atoms with van der Waals surface area (Å²) in [5, 5.41) is 1.52. The first-order valence-electron chi connectivity index (χ1n) is 11.6. The maximum Gasteiger partial charge on any atom is 0.166 e. The number of ketones is 1. The van der Waals surface area contributed by atoms with E-state index in [1.165, 1.54) is 64.6 Å². The average Bonchev–Trinajstić information content (AvgIpc) is 3.16. The number of fused-ring (bicyclic) bond motifs is 1. The number of halogens is 1. The number of nitrogens with zero attached hydrogens (tertiary/aromatic N) is 2. The van der Waals surface area contributed by atoms with Crippen molar-refractivity contribution >= 4 is 28.3 Å². The molecule has 1 aromatic carbocycles. The monoisotopic (exact) mass is 430 g/mol. The molecule has 2 heterocycles. The topological polar surface area (TPSA) is 34.5 Å². The molecular weight excluding hydrogens is 396 g/mol. The van der Waals surface area contributed by atoms with Crippen molar-refractivity contribution in [2.45, 2.75) is 57.8 Å². The van der Waals surface area contributed by atoms with Gasteiger partial charge in [-0.25, -0.2) is 0 Å². The normalized spacial score (nSPS) is 19.4. The van der Waals surface area contributed by atoms with Crippen LogP contribution in [0.1, 0.15) is 68.1 Å². The summed E-state index contributed by atoms with van der Waals surface area (Å²) in [5.74, 6) is 2.37. The number of hydrogen-bond donors (Lipinski definition) is 0. The highest BCUT2D eigenvalue weighted by molar-refractivity contribution is 6.36. The molecule has 0 spiro atoms. The van der Waals surface area contributed by atoms with E-state index in [1.54, 1.807) is 13.2 Å². The van der Waals surface area contributed by atoms with Gasteiger partial charge in [-0.3, -0.25) is 4.79 Å². The summed E-state index contributed by atoms with van der Waals surface area (Å²) in [6, 6.07) is 3.76. The molecule has 1 saturated carbocycles. The Kier molecular flexibility index (Phi) is 7.05. The van der Waals surface area contributed by atoms with Crippen molar-refractivity contribution in [2.75, 3.05) is 26.7 Å². The van der Waals surface area contributed by atoms with Gasteiger partial charge in [-0.2, -0.15) is 0 Å². The number of hydrogen-bond acceptors (Lipinski definition) is 3. The van der Waals surface area contributed by atoms with Crippen molar-refractivity contribution in [1.82, 2.24) is 9.47 Å². The van der Waals surface area contributed by atoms with Crippen molar-refractivity contribution in [3.05, 3.63) is 28.9 Å². The van der Waals surface area contributed by atoms with Gasteiger partial charge in [0.2, 0.25) is 0 Å². The fourth-order valence-electron chi connectivity index (χ4n) is 5.51. The number of rotatable bonds is 7. The minimum Gasteiger partial charge on any atom is -0.495 e. The second-order valence-corrected chi connectivity index (χ2v) is 9.75. The van der Waals surface area contributed by atoms with Crippen molar-refractivity contribution in [3.63, 3.8) is 0 Å². The molecule has 4 nitrogen and oxygen atoms in total. The zero-order valence-electron chi connectivity index (χ0n) is 18.5. The van der Waals surface area contributed by atoms with Gasteiger partial charge in [-0.05, 0) is 69.2 Å². The van der Waals surface area contributed by atoms with Crippen LogP contribution >= 0.6 is 11.6 Å². The molecule has 4 rings (SSSR count). The summed E-state index contributed by atoms with van der Waals surface area (Å²) in [7, 11) is 3.59. The number of aryl methyl sites for hydroxylation is 1. The second-order valence-electron chi connectivity index (χ2n) is 9.34. The standard InChI is InChI=1S/C25H35ClN2O2/c1-27-13-12-20-24(27)22(26)16-21(25(20)30-2)23(29)9-8-18-10-14-28(15-11-18)17-19-6-4-3-5-7-19/h12-13,16,18-19H,3-11,14-15,17H2,1-2H3. The first kappa shape index (κ1) is 21.7. The van der Waals surface area contributed by atoms with Crippen molar-refractivity contribution < 1.29 is 9.53 Å². The fourth-order valence-corrected chi connectivity index (χ4v) is 5.85. The number of methoxy groups -OCH3 is 1. The molecule has 1 aliphatic carbocycles. The number of piperidine rings is 1. The molecule has 1 aliphatic heterocycles. The van der Waals surface area contributed by atoms with E-state index in [9.17, 15) is 4.79 Å². The van der Waals surface area contributed by atoms with Gasteiger partial charge in [0.05, 0.1) is 23.2 Å². The molecule has 2 aromatic rings. The quantitative estimate of drug-likeness (QED) is 0.498. The van der Waals surface area contributed by atoms with E-state index < -0.39 is 0 Å². The summed E-state index contributed by atoms with van der Waals surface area (Å²) in [5.41, 5.74) is 1.53. The van der Waals surface area contributed by atoms with E-state index >= 15 is 0 Å². The predicted molar refractivity (Wildman–Crippen MR) is 124 cm³/mol. The van der Waals surface area contributed by atoms with Gasteiger partial charge >= 0.3 is 0 Å². The Bertz CT molecular complexity index is 877. The third-order valence-electron chi connectivity index (χ3n) is 7.29. The third kappa shape index (κ3) is 4.70. The number of carbonyl (C=O) groups is 1. The van der Waals surface area contributed by atoms with Crippen LogP contribution in [0.25, 0.3) is 10.9 Å². The lowest BCUT2D eigenvalue weighted by atomic mass is 9.87. The number of carbonyl (C=O) groups excluding carboxylic acids is 1. The van der Waals surface area contributed by atoms with E-state index in [4.69, 9.17) is 16.3 Å². The number of ether oxygens (including phenoxy) is 1. The molecule has 1 saturated heterocycles. The lowest BCUT2D eigenvalue weighted by Gasteiger charge is -2.35. The Labute approximate surface area is 185 Å². The SMILES string of the molecule is COc1c(C(=O)CCC2CCN(CC3CCCCC3)CC2)cc(Cl)c2c1ccn2C. The highest BCUT2D eigenvalue weighted by Gasteiger charge is 2.25. The highest BCUT2D eigenvalue weighted by atomic mass is 35.5. The predicted octanol–water partition coefficient (Wildman–Crippen LogP) is 6.10. The molecule has 0 atom stereocenters. The zero-order valence-corrected chi connectivity index (χ0v) is 19.2. The van der Waals surface area contributed by atoms with Crippen LogP contribution in [0.4, 0.5) is 0 Å². The highest BCUT2D eigenvalue weighted by Crippen LogP contribution is 2.37. The Hall–Kier alpha value is -1.52. The van der Waals surface area contributed by atoms with Gasteiger partial charge in [0.25, 0.3) is 0 Å². The summed E-state index contributed by atoms with van der Waals surface area (Å²) in [4.78, 5) is 15.7. The Morgan fingerprint density at radius 1 is 1.13 bits per heavy atom. The van der Waals surface area contributed by atoms with E-state index in [0.717, 1.165) is 23.2 Å². The van der Waals surface area contributed by atoms with Crippen LogP contribution in [0, 0.1) is 11.8 Å². The molecular formula is C25H35ClN2O2. The first-order valence-corrected chi connectivity index (χ1v) is 12.0. The Balaban J connectivity index is 1.32. The minimum absolute atomic E-state index is 0.143. The largest absolute Gasteiger partial charge is 0.495 e. The molecule has 0 N–H and O–H groups in total. The molecule has 1 aromatic heterocycles. The molecule has 0 radical (unpaired) electrons. The maximum atomic E-state index is 13.0. The number of Topliss-reactive ketones (excluding diaryl/α,β-unsaturated/α-hetero) is 1. The lowest BCUT2D eigenvalue weighted by molar-refractivity contribution is 0.0954. The van der Waals surface area contributed by atoms with Gasteiger partial charge in [0.1, 0.15) is 5.75 Å². The van der Waals surface area contributed by atoms with E-state index in [2.05, 4.69) is 4.90 Å². The van der Waals surface area contributed by atoms with Gasteiger partial charge in [0, 0.05) is 31.6 Å². The summed E-state index contributed by atoms with van der Waals surface area (Å²) < 4.78 is 7.59. The first-order chi connectivity index (χ1) is 14.6. The number of benzene rings is 1. The zero-order chi connectivity index (χ0) is 21.1. The summed E-state index contributed by atoms with van der Waals surface area (Å²) in [6.07, 6.45) is 13.0. The fraction of sp³-hybridized carbons (Fsp3) is 0.640. The molecule has 0 unspecified atom stereocenters. The van der Waals surface area contributed by atoms with E-state index in [1.807, 2.05) is 23.9 Å². The maximum absolute atomic E-state index is 13.0. The molecule has 2 fully saturated rings. The van der Waals surface area contributed by atoms with Crippen molar-refractivity contribution in [1.29, 1.82) is 0 Å². The van der Waals surface area contributed by atoms with Gasteiger partial charge in [-0.15, -0.1) is 0 Å². The smallest absolute Gasteiger partial charge is 0.166 e. The molecule has 164 valence electrons. The van der Waals surface area contributed by atoms with Crippen LogP contribution in [0.5, 0.6) is 5.75 Å². The molecule has 0 amide bonds. The van der Waals surface area contributed by atoms with E-state index in [0.29, 0.717) is 28.7 Å². The van der Waals surface area contributed by atoms with Crippen molar-refractivity contribution in [3.8, 4) is 5.75 Å². The molecule has 5 heteroatoms.